The van der Waals surface area contributed by atoms with Crippen LogP contribution >= 0.6 is 0 Å². The molecule has 1 N–H and O–H groups in total. The number of likely N-dealkylation sites (N-methyl/N-ethyl adjacent to an activating group) is 1. The van der Waals surface area contributed by atoms with Gasteiger partial charge in [0.2, 0.25) is 0 Å². The minimum absolute atomic E-state index is 0.0803. The number of benzene rings is 1. The number of rotatable bonds is 6. The first-order valence-corrected chi connectivity index (χ1v) is 13.7. The van der Waals surface area contributed by atoms with Crippen LogP contribution in [0, 0.1) is 0 Å². The zero-order chi connectivity index (χ0) is 29.3. The van der Waals surface area contributed by atoms with E-state index in [1.54, 1.807) is 27.0 Å². The van der Waals surface area contributed by atoms with E-state index < -0.39 is 17.6 Å². The smallest absolute Gasteiger partial charge is 0.417 e. The summed E-state index contributed by atoms with van der Waals surface area (Å²) in [6.45, 7) is 15.2. The number of carbonyl (C=O) groups excluding carboxylic acids is 2. The fraction of sp³-hybridized carbons (Fsp3) is 0.355. The summed E-state index contributed by atoms with van der Waals surface area (Å²) in [7, 11) is 2.13. The third-order valence-electron chi connectivity index (χ3n) is 7.31. The summed E-state index contributed by atoms with van der Waals surface area (Å²) in [5.41, 5.74) is 4.46. The molecule has 0 atom stereocenters. The second-order valence-electron chi connectivity index (χ2n) is 11.4. The molecular weight excluding hydrogens is 518 g/mol. The van der Waals surface area contributed by atoms with Crippen molar-refractivity contribution in [3.8, 4) is 11.3 Å². The van der Waals surface area contributed by atoms with E-state index in [0.29, 0.717) is 22.6 Å². The molecule has 0 radical (unpaired) electrons. The van der Waals surface area contributed by atoms with Gasteiger partial charge in [-0.1, -0.05) is 12.1 Å². The molecule has 4 heterocycles. The Kier molecular flexibility index (Phi) is 7.68. The van der Waals surface area contributed by atoms with Crippen molar-refractivity contribution in [3.05, 3.63) is 77.5 Å². The maximum absolute atomic E-state index is 13.8. The minimum Gasteiger partial charge on any atom is -0.443 e. The van der Waals surface area contributed by atoms with Crippen LogP contribution in [0.5, 0.6) is 0 Å². The van der Waals surface area contributed by atoms with Crippen LogP contribution in [0.2, 0.25) is 0 Å². The van der Waals surface area contributed by atoms with Crippen LogP contribution in [-0.2, 0) is 11.3 Å². The molecule has 2 amide bonds. The lowest BCUT2D eigenvalue weighted by Crippen LogP contribution is -2.43. The maximum atomic E-state index is 13.8. The van der Waals surface area contributed by atoms with Gasteiger partial charge in [0.1, 0.15) is 17.1 Å². The van der Waals surface area contributed by atoms with Crippen LogP contribution in [0.4, 0.5) is 10.5 Å². The average molecular weight is 556 g/mol. The van der Waals surface area contributed by atoms with Crippen LogP contribution < -0.4 is 5.32 Å². The van der Waals surface area contributed by atoms with Crippen LogP contribution in [0.1, 0.15) is 43.6 Å². The number of amides is 2. The summed E-state index contributed by atoms with van der Waals surface area (Å²) < 4.78 is 7.53. The summed E-state index contributed by atoms with van der Waals surface area (Å²) in [6.07, 6.45) is 6.88. The standard InChI is InChI=1S/C31H37N7O3/c1-21(36-17-15-35(6)16-18-36)10-13-26(32-5)34-24-12-11-22(25-19-33-27-9-7-8-14-37(25)27)23-20-38(29(39)28(23)24)30(40)41-31(2,3)4/h7-14,19,34H,5,15-18,20H2,1-4,6H3/b21-10+,26-13+. The quantitative estimate of drug-likeness (QED) is 0.338. The lowest BCUT2D eigenvalue weighted by atomic mass is 9.99. The van der Waals surface area contributed by atoms with Crippen molar-refractivity contribution in [1.29, 1.82) is 0 Å². The summed E-state index contributed by atoms with van der Waals surface area (Å²) in [5, 5.41) is 3.28. The molecule has 0 unspecified atom stereocenters. The number of aliphatic imine (C=N–C) groups is 1. The molecule has 5 rings (SSSR count). The zero-order valence-electron chi connectivity index (χ0n) is 24.3. The SMILES string of the molecule is C=N/C(=C\C=C(/C)N1CCN(C)CC1)Nc1ccc(-c2cnc3ccccn23)c2c1C(=O)N(C(=O)OC(C)(C)C)C2. The van der Waals surface area contributed by atoms with Crippen LogP contribution in [0.25, 0.3) is 16.9 Å². The number of allylic oxidation sites excluding steroid dienone is 3. The van der Waals surface area contributed by atoms with Gasteiger partial charge in [-0.05, 0) is 77.4 Å². The van der Waals surface area contributed by atoms with E-state index in [1.165, 1.54) is 0 Å². The number of nitrogens with one attached hydrogen (secondary N) is 1. The van der Waals surface area contributed by atoms with Gasteiger partial charge in [0, 0.05) is 43.6 Å². The first-order chi connectivity index (χ1) is 19.6. The summed E-state index contributed by atoms with van der Waals surface area (Å²) in [5.74, 6) is 0.0618. The minimum atomic E-state index is -0.742. The van der Waals surface area contributed by atoms with E-state index in [4.69, 9.17) is 4.74 Å². The molecule has 2 aliphatic heterocycles. The lowest BCUT2D eigenvalue weighted by Gasteiger charge is -2.34. The Morgan fingerprint density at radius 1 is 1.12 bits per heavy atom. The Morgan fingerprint density at radius 2 is 1.88 bits per heavy atom. The average Bonchev–Trinajstić information content (AvgIpc) is 3.52. The van der Waals surface area contributed by atoms with Crippen molar-refractivity contribution >= 4 is 30.1 Å². The largest absolute Gasteiger partial charge is 0.443 e. The van der Waals surface area contributed by atoms with Crippen molar-refractivity contribution in [2.24, 2.45) is 4.99 Å². The number of nitrogens with zero attached hydrogens (tertiary/aromatic N) is 6. The molecule has 1 fully saturated rings. The number of pyridine rings is 1. The number of fused-ring (bicyclic) bond motifs is 2. The first kappa shape index (κ1) is 28.1. The van der Waals surface area contributed by atoms with Gasteiger partial charge in [-0.15, -0.1) is 0 Å². The summed E-state index contributed by atoms with van der Waals surface area (Å²) in [6, 6.07) is 9.55. The Balaban J connectivity index is 1.51. The predicted octanol–water partition coefficient (Wildman–Crippen LogP) is 5.00. The number of hydrogen-bond acceptors (Lipinski definition) is 8. The van der Waals surface area contributed by atoms with Crippen LogP contribution in [0.15, 0.2) is 71.4 Å². The molecule has 10 heteroatoms. The highest BCUT2D eigenvalue weighted by Crippen LogP contribution is 2.38. The van der Waals surface area contributed by atoms with Gasteiger partial charge in [-0.2, -0.15) is 0 Å². The molecule has 10 nitrogen and oxygen atoms in total. The van der Waals surface area contributed by atoms with Gasteiger partial charge in [0.05, 0.1) is 29.7 Å². The summed E-state index contributed by atoms with van der Waals surface area (Å²) >= 11 is 0. The normalized spacial score (nSPS) is 16.8. The van der Waals surface area contributed by atoms with E-state index >= 15 is 0 Å². The molecule has 0 saturated carbocycles. The van der Waals surface area contributed by atoms with E-state index in [1.807, 2.05) is 53.1 Å². The third kappa shape index (κ3) is 5.88. The maximum Gasteiger partial charge on any atom is 0.417 e. The van der Waals surface area contributed by atoms with Gasteiger partial charge in [0.25, 0.3) is 5.91 Å². The Morgan fingerprint density at radius 3 is 2.59 bits per heavy atom. The number of hydrogen-bond donors (Lipinski definition) is 1. The molecule has 3 aromatic rings. The Hall–Kier alpha value is -4.44. The van der Waals surface area contributed by atoms with Gasteiger partial charge in [-0.25, -0.2) is 19.7 Å². The fourth-order valence-electron chi connectivity index (χ4n) is 5.10. The molecule has 214 valence electrons. The molecule has 2 aliphatic rings. The van der Waals surface area contributed by atoms with E-state index in [9.17, 15) is 9.59 Å². The number of imidazole rings is 1. The molecule has 1 saturated heterocycles. The summed E-state index contributed by atoms with van der Waals surface area (Å²) in [4.78, 5) is 41.3. The number of aromatic nitrogens is 2. The van der Waals surface area contributed by atoms with Gasteiger partial charge < -0.3 is 19.9 Å². The van der Waals surface area contributed by atoms with E-state index in [-0.39, 0.29) is 6.54 Å². The lowest BCUT2D eigenvalue weighted by molar-refractivity contribution is 0.0248. The van der Waals surface area contributed by atoms with Gasteiger partial charge in [0.15, 0.2) is 0 Å². The Labute approximate surface area is 240 Å². The van der Waals surface area contributed by atoms with Crippen LogP contribution in [0.3, 0.4) is 0 Å². The zero-order valence-corrected chi connectivity index (χ0v) is 24.3. The highest BCUT2D eigenvalue weighted by Gasteiger charge is 2.39. The molecule has 41 heavy (non-hydrogen) atoms. The predicted molar refractivity (Wildman–Crippen MR) is 161 cm³/mol. The van der Waals surface area contributed by atoms with Crippen LogP contribution in [-0.4, -0.2) is 81.6 Å². The van der Waals surface area contributed by atoms with Crippen molar-refractivity contribution in [2.75, 3.05) is 38.5 Å². The van der Waals surface area contributed by atoms with Crippen molar-refractivity contribution < 1.29 is 14.3 Å². The number of anilines is 1. The molecule has 1 aromatic carbocycles. The molecule has 0 bridgehead atoms. The highest BCUT2D eigenvalue weighted by molar-refractivity contribution is 6.11. The molecular formula is C31H37N7O3. The van der Waals surface area contributed by atoms with E-state index in [0.717, 1.165) is 53.7 Å². The third-order valence-corrected chi connectivity index (χ3v) is 7.31. The van der Waals surface area contributed by atoms with E-state index in [2.05, 4.69) is 45.8 Å². The highest BCUT2D eigenvalue weighted by atomic mass is 16.6. The number of ether oxygens (including phenoxy) is 1. The molecule has 2 aromatic heterocycles. The fourth-order valence-corrected chi connectivity index (χ4v) is 5.10. The number of imide groups is 1. The molecule has 0 spiro atoms. The van der Waals surface area contributed by atoms with Gasteiger partial charge in [-0.3, -0.25) is 9.20 Å². The van der Waals surface area contributed by atoms with Gasteiger partial charge >= 0.3 is 6.09 Å². The number of carbonyl (C=O) groups is 2. The van der Waals surface area contributed by atoms with Crippen molar-refractivity contribution in [2.45, 2.75) is 39.8 Å². The van der Waals surface area contributed by atoms with Crippen molar-refractivity contribution in [1.82, 2.24) is 24.1 Å². The number of piperazine rings is 1. The molecule has 0 aliphatic carbocycles. The Bertz CT molecular complexity index is 1560. The van der Waals surface area contributed by atoms with Crippen molar-refractivity contribution in [3.63, 3.8) is 0 Å². The monoisotopic (exact) mass is 555 g/mol. The second kappa shape index (κ2) is 11.2. The second-order valence-corrected chi connectivity index (χ2v) is 11.4. The first-order valence-electron chi connectivity index (χ1n) is 13.7. The topological polar surface area (TPSA) is 94.8 Å².